The molecular formula is C20H18O. The molecule has 0 fully saturated rings. The van der Waals surface area contributed by atoms with Crippen molar-refractivity contribution in [3.63, 3.8) is 0 Å². The Labute approximate surface area is 125 Å². The summed E-state index contributed by atoms with van der Waals surface area (Å²) in [6.45, 7) is 2.31. The molecule has 0 saturated carbocycles. The lowest BCUT2D eigenvalue weighted by molar-refractivity contribution is 0.225. The van der Waals surface area contributed by atoms with Crippen LogP contribution in [0.2, 0.25) is 0 Å². The van der Waals surface area contributed by atoms with Gasteiger partial charge in [-0.1, -0.05) is 61.5 Å². The van der Waals surface area contributed by atoms with Crippen molar-refractivity contribution in [2.24, 2.45) is 5.41 Å². The fourth-order valence-electron chi connectivity index (χ4n) is 3.39. The van der Waals surface area contributed by atoms with Crippen molar-refractivity contribution in [2.75, 3.05) is 0 Å². The molecule has 2 aromatic carbocycles. The van der Waals surface area contributed by atoms with Gasteiger partial charge in [0.05, 0.1) is 0 Å². The summed E-state index contributed by atoms with van der Waals surface area (Å²) in [6.07, 6.45) is 6.43. The van der Waals surface area contributed by atoms with Crippen LogP contribution in [0.25, 0.3) is 5.57 Å². The van der Waals surface area contributed by atoms with Crippen LogP contribution in [0.3, 0.4) is 0 Å². The molecule has 1 aliphatic heterocycles. The van der Waals surface area contributed by atoms with E-state index in [2.05, 4.69) is 67.6 Å². The largest absolute Gasteiger partial charge is 0.461 e. The van der Waals surface area contributed by atoms with Gasteiger partial charge in [-0.05, 0) is 41.7 Å². The van der Waals surface area contributed by atoms with Crippen LogP contribution in [-0.4, -0.2) is 0 Å². The zero-order valence-corrected chi connectivity index (χ0v) is 12.2. The number of hydrogen-bond donors (Lipinski definition) is 0. The van der Waals surface area contributed by atoms with Gasteiger partial charge < -0.3 is 4.74 Å². The van der Waals surface area contributed by atoms with Gasteiger partial charge in [0.25, 0.3) is 0 Å². The molecule has 1 unspecified atom stereocenters. The summed E-state index contributed by atoms with van der Waals surface area (Å²) in [6, 6.07) is 19.0. The topological polar surface area (TPSA) is 9.23 Å². The maximum atomic E-state index is 6.14. The van der Waals surface area contributed by atoms with E-state index in [9.17, 15) is 0 Å². The summed E-state index contributed by atoms with van der Waals surface area (Å²) in [5, 5.41) is 0. The van der Waals surface area contributed by atoms with Gasteiger partial charge in [-0.15, -0.1) is 0 Å². The highest BCUT2D eigenvalue weighted by Gasteiger charge is 2.38. The third-order valence-corrected chi connectivity index (χ3v) is 4.53. The number of hydrogen-bond acceptors (Lipinski definition) is 1. The third-order valence-electron chi connectivity index (χ3n) is 4.53. The van der Waals surface area contributed by atoms with E-state index in [0.29, 0.717) is 0 Å². The summed E-state index contributed by atoms with van der Waals surface area (Å²) in [5.41, 5.74) is 4.08. The molecule has 0 bridgehead atoms. The Morgan fingerprint density at radius 1 is 0.857 bits per heavy atom. The zero-order valence-electron chi connectivity index (χ0n) is 12.2. The lowest BCUT2D eigenvalue weighted by Gasteiger charge is -2.39. The highest BCUT2D eigenvalue weighted by molar-refractivity contribution is 5.70. The second kappa shape index (κ2) is 4.63. The van der Waals surface area contributed by atoms with E-state index < -0.39 is 0 Å². The zero-order chi connectivity index (χ0) is 14.3. The van der Waals surface area contributed by atoms with Gasteiger partial charge in [0.2, 0.25) is 0 Å². The van der Waals surface area contributed by atoms with Crippen LogP contribution in [0.15, 0.2) is 72.5 Å². The molecule has 0 spiro atoms. The maximum Gasteiger partial charge on any atom is 0.130 e. The Balaban J connectivity index is 1.73. The predicted molar refractivity (Wildman–Crippen MR) is 86.0 cm³/mol. The van der Waals surface area contributed by atoms with Gasteiger partial charge in [0.15, 0.2) is 0 Å². The fourth-order valence-corrected chi connectivity index (χ4v) is 3.39. The quantitative estimate of drug-likeness (QED) is 0.711. The summed E-state index contributed by atoms with van der Waals surface area (Å²) >= 11 is 0. The normalized spacial score (nSPS) is 23.3. The highest BCUT2D eigenvalue weighted by Crippen LogP contribution is 2.48. The predicted octanol–water partition coefficient (Wildman–Crippen LogP) is 5.00. The number of allylic oxidation sites excluding steroid dienone is 4. The second-order valence-corrected chi connectivity index (χ2v) is 6.21. The number of fused-ring (bicyclic) bond motifs is 2. The lowest BCUT2D eigenvalue weighted by Crippen LogP contribution is -2.31. The molecule has 4 rings (SSSR count). The molecule has 0 radical (unpaired) electrons. The average molecular weight is 274 g/mol. The van der Waals surface area contributed by atoms with E-state index in [1.165, 1.54) is 16.7 Å². The van der Waals surface area contributed by atoms with E-state index in [4.69, 9.17) is 4.74 Å². The second-order valence-electron chi connectivity index (χ2n) is 6.21. The Hall–Kier alpha value is -2.28. The molecule has 1 nitrogen and oxygen atoms in total. The summed E-state index contributed by atoms with van der Waals surface area (Å²) in [4.78, 5) is 0. The lowest BCUT2D eigenvalue weighted by atomic mass is 9.71. The molecule has 2 aliphatic rings. The van der Waals surface area contributed by atoms with E-state index in [0.717, 1.165) is 24.4 Å². The average Bonchev–Trinajstić information content (AvgIpc) is 2.52. The van der Waals surface area contributed by atoms with Crippen molar-refractivity contribution in [3.8, 4) is 5.75 Å². The van der Waals surface area contributed by atoms with Gasteiger partial charge >= 0.3 is 0 Å². The number of ether oxygens (including phenoxy) is 1. The van der Waals surface area contributed by atoms with Crippen LogP contribution in [-0.2, 0) is 6.42 Å². The first-order valence-corrected chi connectivity index (χ1v) is 7.47. The fraction of sp³-hybridized carbons (Fsp3) is 0.200. The molecular weight excluding hydrogens is 256 g/mol. The summed E-state index contributed by atoms with van der Waals surface area (Å²) < 4.78 is 6.14. The van der Waals surface area contributed by atoms with Crippen LogP contribution in [0.5, 0.6) is 5.75 Å². The van der Waals surface area contributed by atoms with Crippen molar-refractivity contribution < 1.29 is 4.74 Å². The van der Waals surface area contributed by atoms with Gasteiger partial charge in [-0.2, -0.15) is 0 Å². The molecule has 104 valence electrons. The smallest absolute Gasteiger partial charge is 0.130 e. The summed E-state index contributed by atoms with van der Waals surface area (Å²) in [7, 11) is 0. The summed E-state index contributed by atoms with van der Waals surface area (Å²) in [5.74, 6) is 2.11. The highest BCUT2D eigenvalue weighted by atomic mass is 16.5. The number of para-hydroxylation sites is 1. The van der Waals surface area contributed by atoms with Crippen LogP contribution in [0, 0.1) is 5.41 Å². The van der Waals surface area contributed by atoms with Crippen LogP contribution in [0.4, 0.5) is 0 Å². The molecule has 0 amide bonds. The minimum Gasteiger partial charge on any atom is -0.461 e. The standard InChI is InChI=1S/C20H18O/c1-20-13-16(15-7-3-2-4-8-15)11-12-19(20)21-18-10-6-5-9-17(18)14-20/h2-12H,13-14H2,1H3. The Kier molecular flexibility index (Phi) is 2.75. The maximum absolute atomic E-state index is 6.14. The van der Waals surface area contributed by atoms with Gasteiger partial charge in [0.1, 0.15) is 11.5 Å². The molecule has 1 heterocycles. The van der Waals surface area contributed by atoms with Crippen molar-refractivity contribution in [1.29, 1.82) is 0 Å². The molecule has 0 saturated heterocycles. The monoisotopic (exact) mass is 274 g/mol. The molecule has 1 aliphatic carbocycles. The minimum absolute atomic E-state index is 0.0638. The first kappa shape index (κ1) is 12.5. The van der Waals surface area contributed by atoms with Crippen molar-refractivity contribution in [3.05, 3.63) is 83.6 Å². The minimum atomic E-state index is 0.0638. The number of rotatable bonds is 1. The first-order valence-electron chi connectivity index (χ1n) is 7.47. The van der Waals surface area contributed by atoms with Crippen LogP contribution < -0.4 is 4.74 Å². The molecule has 0 N–H and O–H groups in total. The Bertz CT molecular complexity index is 739. The van der Waals surface area contributed by atoms with Gasteiger partial charge in [-0.25, -0.2) is 0 Å². The molecule has 2 aromatic rings. The van der Waals surface area contributed by atoms with Crippen LogP contribution in [0.1, 0.15) is 24.5 Å². The Morgan fingerprint density at radius 2 is 1.62 bits per heavy atom. The Morgan fingerprint density at radius 3 is 2.48 bits per heavy atom. The molecule has 21 heavy (non-hydrogen) atoms. The van der Waals surface area contributed by atoms with Crippen molar-refractivity contribution in [2.45, 2.75) is 19.8 Å². The number of benzene rings is 2. The first-order chi connectivity index (χ1) is 10.2. The van der Waals surface area contributed by atoms with Crippen LogP contribution >= 0.6 is 0 Å². The van der Waals surface area contributed by atoms with Crippen molar-refractivity contribution in [1.82, 2.24) is 0 Å². The molecule has 1 atom stereocenters. The van der Waals surface area contributed by atoms with Gasteiger partial charge in [0, 0.05) is 5.41 Å². The molecule has 1 heteroatoms. The third kappa shape index (κ3) is 2.09. The van der Waals surface area contributed by atoms with E-state index in [1.54, 1.807) is 0 Å². The van der Waals surface area contributed by atoms with E-state index in [1.807, 2.05) is 6.07 Å². The van der Waals surface area contributed by atoms with E-state index >= 15 is 0 Å². The van der Waals surface area contributed by atoms with E-state index in [-0.39, 0.29) is 5.41 Å². The molecule has 0 aromatic heterocycles. The van der Waals surface area contributed by atoms with Crippen molar-refractivity contribution >= 4 is 5.57 Å². The SMILES string of the molecule is CC12CC(c3ccccc3)=CC=C1Oc1ccccc1C2. The van der Waals surface area contributed by atoms with Gasteiger partial charge in [-0.3, -0.25) is 0 Å².